The quantitative estimate of drug-likeness (QED) is 0.843. The Kier molecular flexibility index (Phi) is 5.14. The SMILES string of the molecule is Cc1cc(Br)cnc1SCC(=O)Nc1ccc(F)cc1. The van der Waals surface area contributed by atoms with Crippen molar-refractivity contribution < 1.29 is 9.18 Å². The number of aromatic nitrogens is 1. The lowest BCUT2D eigenvalue weighted by molar-refractivity contribution is -0.113. The molecule has 0 radical (unpaired) electrons. The number of nitrogens with zero attached hydrogens (tertiary/aromatic N) is 1. The number of thioether (sulfide) groups is 1. The average Bonchev–Trinajstić information content (AvgIpc) is 2.40. The van der Waals surface area contributed by atoms with Crippen LogP contribution in [0, 0.1) is 12.7 Å². The van der Waals surface area contributed by atoms with Crippen LogP contribution in [0.25, 0.3) is 0 Å². The van der Waals surface area contributed by atoms with Crippen LogP contribution < -0.4 is 5.32 Å². The Labute approximate surface area is 129 Å². The van der Waals surface area contributed by atoms with Gasteiger partial charge in [0.15, 0.2) is 0 Å². The van der Waals surface area contributed by atoms with Crippen molar-refractivity contribution >= 4 is 39.3 Å². The van der Waals surface area contributed by atoms with Gasteiger partial charge >= 0.3 is 0 Å². The van der Waals surface area contributed by atoms with Crippen molar-refractivity contribution in [1.82, 2.24) is 4.98 Å². The van der Waals surface area contributed by atoms with E-state index in [9.17, 15) is 9.18 Å². The number of pyridine rings is 1. The molecular formula is C14H12BrFN2OS. The van der Waals surface area contributed by atoms with Gasteiger partial charge in [-0.05, 0) is 58.7 Å². The molecule has 1 aromatic carbocycles. The molecule has 1 heterocycles. The van der Waals surface area contributed by atoms with Crippen molar-refractivity contribution in [2.24, 2.45) is 0 Å². The van der Waals surface area contributed by atoms with Crippen molar-refractivity contribution in [2.45, 2.75) is 11.9 Å². The highest BCUT2D eigenvalue weighted by molar-refractivity contribution is 9.10. The fourth-order valence-corrected chi connectivity index (χ4v) is 2.74. The van der Waals surface area contributed by atoms with Gasteiger partial charge in [-0.1, -0.05) is 11.8 Å². The summed E-state index contributed by atoms with van der Waals surface area (Å²) in [4.78, 5) is 16.0. The normalized spacial score (nSPS) is 10.3. The summed E-state index contributed by atoms with van der Waals surface area (Å²) in [5.41, 5.74) is 1.59. The third kappa shape index (κ3) is 4.31. The van der Waals surface area contributed by atoms with Crippen LogP contribution in [0.3, 0.4) is 0 Å². The van der Waals surface area contributed by atoms with Crippen LogP contribution in [-0.2, 0) is 4.79 Å². The molecule has 0 saturated carbocycles. The largest absolute Gasteiger partial charge is 0.325 e. The molecule has 0 atom stereocenters. The van der Waals surface area contributed by atoms with Crippen LogP contribution in [0.15, 0.2) is 46.0 Å². The Morgan fingerprint density at radius 2 is 2.10 bits per heavy atom. The number of carbonyl (C=O) groups is 1. The second kappa shape index (κ2) is 6.85. The molecule has 1 N–H and O–H groups in total. The Morgan fingerprint density at radius 1 is 1.40 bits per heavy atom. The maximum Gasteiger partial charge on any atom is 0.234 e. The number of anilines is 1. The first-order valence-electron chi connectivity index (χ1n) is 5.85. The minimum atomic E-state index is -0.327. The zero-order chi connectivity index (χ0) is 14.5. The minimum Gasteiger partial charge on any atom is -0.325 e. The second-order valence-corrected chi connectivity index (χ2v) is 6.00. The standard InChI is InChI=1S/C14H12BrFN2OS/c1-9-6-10(15)7-17-14(9)20-8-13(19)18-12-4-2-11(16)3-5-12/h2-7H,8H2,1H3,(H,18,19). The summed E-state index contributed by atoms with van der Waals surface area (Å²) in [7, 11) is 0. The predicted octanol–water partition coefficient (Wildman–Crippen LogP) is 4.02. The fourth-order valence-electron chi connectivity index (χ4n) is 1.54. The summed E-state index contributed by atoms with van der Waals surface area (Å²) in [6, 6.07) is 7.63. The number of aryl methyl sites for hydroxylation is 1. The predicted molar refractivity (Wildman–Crippen MR) is 82.4 cm³/mol. The molecule has 0 aliphatic heterocycles. The second-order valence-electron chi connectivity index (χ2n) is 4.12. The van der Waals surface area contributed by atoms with Crippen LogP contribution in [-0.4, -0.2) is 16.6 Å². The van der Waals surface area contributed by atoms with Gasteiger partial charge in [0, 0.05) is 16.4 Å². The molecule has 1 amide bonds. The van der Waals surface area contributed by atoms with Gasteiger partial charge in [-0.3, -0.25) is 4.79 Å². The van der Waals surface area contributed by atoms with E-state index in [-0.39, 0.29) is 17.5 Å². The van der Waals surface area contributed by atoms with Gasteiger partial charge in [0.25, 0.3) is 0 Å². The molecule has 2 aromatic rings. The summed E-state index contributed by atoms with van der Waals surface area (Å²) in [5, 5.41) is 3.53. The Bertz CT molecular complexity index is 619. The molecule has 0 bridgehead atoms. The van der Waals surface area contributed by atoms with E-state index < -0.39 is 0 Å². The lowest BCUT2D eigenvalue weighted by Gasteiger charge is -2.06. The van der Waals surface area contributed by atoms with E-state index >= 15 is 0 Å². The van der Waals surface area contributed by atoms with Crippen LogP contribution >= 0.6 is 27.7 Å². The van der Waals surface area contributed by atoms with Crippen molar-refractivity contribution in [2.75, 3.05) is 11.1 Å². The summed E-state index contributed by atoms with van der Waals surface area (Å²) in [6.07, 6.45) is 1.70. The van der Waals surface area contributed by atoms with E-state index in [0.29, 0.717) is 5.69 Å². The Morgan fingerprint density at radius 3 is 2.75 bits per heavy atom. The van der Waals surface area contributed by atoms with Gasteiger partial charge in [-0.25, -0.2) is 9.37 Å². The topological polar surface area (TPSA) is 42.0 Å². The molecule has 1 aromatic heterocycles. The monoisotopic (exact) mass is 354 g/mol. The lowest BCUT2D eigenvalue weighted by atomic mass is 10.3. The van der Waals surface area contributed by atoms with Crippen LogP contribution in [0.1, 0.15) is 5.56 Å². The first kappa shape index (κ1) is 15.0. The van der Waals surface area contributed by atoms with E-state index in [2.05, 4.69) is 26.2 Å². The average molecular weight is 355 g/mol. The van der Waals surface area contributed by atoms with Gasteiger partial charge in [0.1, 0.15) is 5.82 Å². The number of rotatable bonds is 4. The molecule has 20 heavy (non-hydrogen) atoms. The zero-order valence-electron chi connectivity index (χ0n) is 10.7. The molecule has 0 unspecified atom stereocenters. The molecule has 104 valence electrons. The number of benzene rings is 1. The van der Waals surface area contributed by atoms with E-state index in [1.807, 2.05) is 13.0 Å². The highest BCUT2D eigenvalue weighted by Crippen LogP contribution is 2.22. The molecule has 6 heteroatoms. The molecule has 0 fully saturated rings. The lowest BCUT2D eigenvalue weighted by Crippen LogP contribution is -2.14. The minimum absolute atomic E-state index is 0.147. The van der Waals surface area contributed by atoms with E-state index in [0.717, 1.165) is 15.1 Å². The van der Waals surface area contributed by atoms with E-state index in [4.69, 9.17) is 0 Å². The van der Waals surface area contributed by atoms with Gasteiger partial charge < -0.3 is 5.32 Å². The van der Waals surface area contributed by atoms with Gasteiger partial charge in [0.05, 0.1) is 10.8 Å². The van der Waals surface area contributed by atoms with Crippen LogP contribution in [0.4, 0.5) is 10.1 Å². The fraction of sp³-hybridized carbons (Fsp3) is 0.143. The molecule has 0 saturated heterocycles. The first-order chi connectivity index (χ1) is 9.54. The van der Waals surface area contributed by atoms with Crippen LogP contribution in [0.5, 0.6) is 0 Å². The third-order valence-corrected chi connectivity index (χ3v) is 4.01. The summed E-state index contributed by atoms with van der Waals surface area (Å²) < 4.78 is 13.7. The van der Waals surface area contributed by atoms with Gasteiger partial charge in [-0.15, -0.1) is 0 Å². The smallest absolute Gasteiger partial charge is 0.234 e. The molecule has 2 rings (SSSR count). The Hall–Kier alpha value is -1.40. The van der Waals surface area contributed by atoms with Crippen molar-refractivity contribution in [3.05, 3.63) is 52.4 Å². The maximum atomic E-state index is 12.7. The maximum absolute atomic E-state index is 12.7. The number of halogens is 2. The summed E-state index contributed by atoms with van der Waals surface area (Å²) >= 11 is 4.71. The van der Waals surface area contributed by atoms with Crippen molar-refractivity contribution in [3.8, 4) is 0 Å². The summed E-state index contributed by atoms with van der Waals surface area (Å²) in [6.45, 7) is 1.94. The molecular weight excluding hydrogens is 343 g/mol. The van der Waals surface area contributed by atoms with Gasteiger partial charge in [0.2, 0.25) is 5.91 Å². The zero-order valence-corrected chi connectivity index (χ0v) is 13.1. The molecule has 0 aliphatic rings. The number of carbonyl (C=O) groups excluding carboxylic acids is 1. The van der Waals surface area contributed by atoms with Crippen LogP contribution in [0.2, 0.25) is 0 Å². The first-order valence-corrected chi connectivity index (χ1v) is 7.63. The van der Waals surface area contributed by atoms with E-state index in [1.165, 1.54) is 36.0 Å². The molecule has 0 spiro atoms. The highest BCUT2D eigenvalue weighted by atomic mass is 79.9. The summed E-state index contributed by atoms with van der Waals surface area (Å²) in [5.74, 6) is -0.217. The van der Waals surface area contributed by atoms with Crippen molar-refractivity contribution in [1.29, 1.82) is 0 Å². The molecule has 0 aliphatic carbocycles. The third-order valence-electron chi connectivity index (χ3n) is 2.46. The molecule has 3 nitrogen and oxygen atoms in total. The number of nitrogens with one attached hydrogen (secondary N) is 1. The number of hydrogen-bond donors (Lipinski definition) is 1. The number of amides is 1. The number of hydrogen-bond acceptors (Lipinski definition) is 3. The van der Waals surface area contributed by atoms with Gasteiger partial charge in [-0.2, -0.15) is 0 Å². The van der Waals surface area contributed by atoms with E-state index in [1.54, 1.807) is 6.20 Å². The van der Waals surface area contributed by atoms with Crippen molar-refractivity contribution in [3.63, 3.8) is 0 Å². The Balaban J connectivity index is 1.90. The highest BCUT2D eigenvalue weighted by Gasteiger charge is 2.07.